The molecule has 4 heteroatoms. The number of unbranched alkanes of at least 4 members (excludes halogenated alkanes) is 1. The van der Waals surface area contributed by atoms with Gasteiger partial charge in [-0.2, -0.15) is 0 Å². The monoisotopic (exact) mass is 251 g/mol. The Balaban J connectivity index is 2.60. The van der Waals surface area contributed by atoms with Crippen molar-refractivity contribution < 1.29 is 4.79 Å². The zero-order valence-electron chi connectivity index (χ0n) is 11.9. The van der Waals surface area contributed by atoms with E-state index in [-0.39, 0.29) is 12.1 Å². The van der Waals surface area contributed by atoms with Crippen molar-refractivity contribution in [1.82, 2.24) is 14.8 Å². The number of aryl methyl sites for hydroxylation is 1. The third-order valence-corrected chi connectivity index (χ3v) is 3.07. The fraction of sp³-hybridized carbons (Fsp3) is 0.643. The van der Waals surface area contributed by atoms with E-state index in [0.29, 0.717) is 6.54 Å². The van der Waals surface area contributed by atoms with Crippen molar-refractivity contribution in [3.8, 4) is 0 Å². The largest absolute Gasteiger partial charge is 0.353 e. The lowest BCUT2D eigenvalue weighted by Crippen LogP contribution is -2.44. The van der Waals surface area contributed by atoms with Gasteiger partial charge < -0.3 is 14.8 Å². The number of rotatable bonds is 6. The summed E-state index contributed by atoms with van der Waals surface area (Å²) in [4.78, 5) is 14.0. The van der Waals surface area contributed by atoms with Gasteiger partial charge in [-0.15, -0.1) is 0 Å². The van der Waals surface area contributed by atoms with Crippen LogP contribution in [0.15, 0.2) is 18.3 Å². The highest BCUT2D eigenvalue weighted by Gasteiger charge is 2.17. The third-order valence-electron chi connectivity index (χ3n) is 3.07. The Kier molecular flexibility index (Phi) is 5.75. The lowest BCUT2D eigenvalue weighted by molar-refractivity contribution is 0.178. The second kappa shape index (κ2) is 7.09. The van der Waals surface area contributed by atoms with Crippen molar-refractivity contribution in [1.29, 1.82) is 0 Å². The predicted molar refractivity (Wildman–Crippen MR) is 74.4 cm³/mol. The van der Waals surface area contributed by atoms with E-state index >= 15 is 0 Å². The van der Waals surface area contributed by atoms with Crippen LogP contribution in [0.5, 0.6) is 0 Å². The SMILES string of the molecule is CCCCNC(=O)N(Cc1cccn1C)C(C)C. The molecule has 0 bridgehead atoms. The third kappa shape index (κ3) is 4.09. The Morgan fingerprint density at radius 1 is 1.50 bits per heavy atom. The van der Waals surface area contributed by atoms with Crippen LogP contribution >= 0.6 is 0 Å². The molecule has 0 aromatic carbocycles. The summed E-state index contributed by atoms with van der Waals surface area (Å²) in [6.07, 6.45) is 4.13. The zero-order valence-corrected chi connectivity index (χ0v) is 11.9. The summed E-state index contributed by atoms with van der Waals surface area (Å²) in [7, 11) is 2.00. The fourth-order valence-electron chi connectivity index (χ4n) is 1.80. The van der Waals surface area contributed by atoms with Crippen LogP contribution in [-0.4, -0.2) is 28.1 Å². The van der Waals surface area contributed by atoms with Crippen molar-refractivity contribution in [2.45, 2.75) is 46.2 Å². The molecular formula is C14H25N3O. The molecule has 4 nitrogen and oxygen atoms in total. The molecule has 1 heterocycles. The lowest BCUT2D eigenvalue weighted by atomic mass is 10.3. The molecule has 0 aliphatic heterocycles. The van der Waals surface area contributed by atoms with E-state index in [1.54, 1.807) is 0 Å². The van der Waals surface area contributed by atoms with E-state index < -0.39 is 0 Å². The van der Waals surface area contributed by atoms with Gasteiger partial charge in [-0.1, -0.05) is 13.3 Å². The molecule has 0 spiro atoms. The Labute approximate surface area is 110 Å². The van der Waals surface area contributed by atoms with Gasteiger partial charge >= 0.3 is 6.03 Å². The van der Waals surface area contributed by atoms with Crippen molar-refractivity contribution in [3.63, 3.8) is 0 Å². The van der Waals surface area contributed by atoms with Crippen LogP contribution in [0, 0.1) is 0 Å². The molecule has 1 aromatic rings. The van der Waals surface area contributed by atoms with E-state index in [1.165, 1.54) is 0 Å². The molecule has 0 fully saturated rings. The van der Waals surface area contributed by atoms with Crippen LogP contribution in [0.1, 0.15) is 39.3 Å². The quantitative estimate of drug-likeness (QED) is 0.776. The van der Waals surface area contributed by atoms with Gasteiger partial charge in [0, 0.05) is 31.5 Å². The van der Waals surface area contributed by atoms with E-state index in [2.05, 4.69) is 22.9 Å². The van der Waals surface area contributed by atoms with Gasteiger partial charge in [-0.25, -0.2) is 4.79 Å². The average Bonchev–Trinajstić information content (AvgIpc) is 2.71. The summed E-state index contributed by atoms with van der Waals surface area (Å²) in [6.45, 7) is 7.62. The molecule has 102 valence electrons. The van der Waals surface area contributed by atoms with Gasteiger partial charge in [-0.3, -0.25) is 0 Å². The van der Waals surface area contributed by atoms with E-state index in [1.807, 2.05) is 38.1 Å². The molecule has 18 heavy (non-hydrogen) atoms. The molecule has 0 unspecified atom stereocenters. The summed E-state index contributed by atoms with van der Waals surface area (Å²) in [5.41, 5.74) is 1.15. The van der Waals surface area contributed by atoms with Crippen LogP contribution in [0.25, 0.3) is 0 Å². The molecule has 0 radical (unpaired) electrons. The minimum Gasteiger partial charge on any atom is -0.353 e. The first-order valence-electron chi connectivity index (χ1n) is 6.71. The van der Waals surface area contributed by atoms with E-state index in [0.717, 1.165) is 25.1 Å². The van der Waals surface area contributed by atoms with Gasteiger partial charge in [0.25, 0.3) is 0 Å². The number of nitrogens with one attached hydrogen (secondary N) is 1. The van der Waals surface area contributed by atoms with Crippen LogP contribution in [0.4, 0.5) is 4.79 Å². The molecule has 1 aromatic heterocycles. The minimum absolute atomic E-state index is 0.0275. The fourth-order valence-corrected chi connectivity index (χ4v) is 1.80. The lowest BCUT2D eigenvalue weighted by Gasteiger charge is -2.27. The molecule has 1 N–H and O–H groups in total. The number of urea groups is 1. The van der Waals surface area contributed by atoms with Gasteiger partial charge in [0.15, 0.2) is 0 Å². The van der Waals surface area contributed by atoms with Gasteiger partial charge in [-0.05, 0) is 32.4 Å². The predicted octanol–water partition coefficient (Wildman–Crippen LogP) is 2.75. The smallest absolute Gasteiger partial charge is 0.317 e. The Hall–Kier alpha value is -1.45. The van der Waals surface area contributed by atoms with Crippen molar-refractivity contribution in [2.24, 2.45) is 7.05 Å². The second-order valence-corrected chi connectivity index (χ2v) is 4.92. The van der Waals surface area contributed by atoms with Gasteiger partial charge in [0.1, 0.15) is 0 Å². The maximum Gasteiger partial charge on any atom is 0.317 e. The van der Waals surface area contributed by atoms with E-state index in [9.17, 15) is 4.79 Å². The zero-order chi connectivity index (χ0) is 13.5. The van der Waals surface area contributed by atoms with Crippen LogP contribution in [0.3, 0.4) is 0 Å². The summed E-state index contributed by atoms with van der Waals surface area (Å²) in [5, 5.41) is 2.97. The minimum atomic E-state index is 0.0275. The molecule has 0 aliphatic carbocycles. The van der Waals surface area contributed by atoms with Crippen molar-refractivity contribution in [2.75, 3.05) is 6.54 Å². The van der Waals surface area contributed by atoms with Crippen molar-refractivity contribution >= 4 is 6.03 Å². The van der Waals surface area contributed by atoms with Crippen molar-refractivity contribution in [3.05, 3.63) is 24.0 Å². The second-order valence-electron chi connectivity index (χ2n) is 4.92. The van der Waals surface area contributed by atoms with E-state index in [4.69, 9.17) is 0 Å². The molecule has 0 atom stereocenters. The number of amides is 2. The van der Waals surface area contributed by atoms with Gasteiger partial charge in [0.05, 0.1) is 6.54 Å². The average molecular weight is 251 g/mol. The molecule has 1 rings (SSSR count). The number of hydrogen-bond acceptors (Lipinski definition) is 1. The summed E-state index contributed by atoms with van der Waals surface area (Å²) in [6, 6.07) is 4.28. The normalized spacial score (nSPS) is 10.7. The topological polar surface area (TPSA) is 37.3 Å². The van der Waals surface area contributed by atoms with Gasteiger partial charge in [0.2, 0.25) is 0 Å². The first kappa shape index (κ1) is 14.6. The Morgan fingerprint density at radius 2 is 2.22 bits per heavy atom. The number of carbonyl (C=O) groups is 1. The maximum atomic E-state index is 12.1. The maximum absolute atomic E-state index is 12.1. The highest BCUT2D eigenvalue weighted by atomic mass is 16.2. The standard InChI is InChI=1S/C14H25N3O/c1-5-6-9-15-14(18)17(12(2)3)11-13-8-7-10-16(13)4/h7-8,10,12H,5-6,9,11H2,1-4H3,(H,15,18). The van der Waals surface area contributed by atoms with Crippen LogP contribution in [0.2, 0.25) is 0 Å². The van der Waals surface area contributed by atoms with Crippen LogP contribution in [-0.2, 0) is 13.6 Å². The number of hydrogen-bond donors (Lipinski definition) is 1. The number of aromatic nitrogens is 1. The number of nitrogens with zero attached hydrogens (tertiary/aromatic N) is 2. The summed E-state index contributed by atoms with van der Waals surface area (Å²) >= 11 is 0. The molecule has 0 aliphatic rings. The molecule has 0 saturated heterocycles. The summed E-state index contributed by atoms with van der Waals surface area (Å²) < 4.78 is 2.05. The Morgan fingerprint density at radius 3 is 2.72 bits per heavy atom. The first-order chi connectivity index (χ1) is 8.56. The molecule has 2 amide bonds. The highest BCUT2D eigenvalue weighted by molar-refractivity contribution is 5.74. The Bertz CT molecular complexity index is 371. The molecular weight excluding hydrogens is 226 g/mol. The molecule has 0 saturated carbocycles. The van der Waals surface area contributed by atoms with Crippen LogP contribution < -0.4 is 5.32 Å². The summed E-state index contributed by atoms with van der Waals surface area (Å²) in [5.74, 6) is 0. The highest BCUT2D eigenvalue weighted by Crippen LogP contribution is 2.08. The first-order valence-corrected chi connectivity index (χ1v) is 6.71. The number of carbonyl (C=O) groups excluding carboxylic acids is 1.